The number of nitrogens with zero attached hydrogens (tertiary/aromatic N) is 2. The summed E-state index contributed by atoms with van der Waals surface area (Å²) in [5.41, 5.74) is 1.18. The molecule has 50 valence electrons. The molecule has 1 heterocycles. The monoisotopic (exact) mass is 124 g/mol. The van der Waals surface area contributed by atoms with Gasteiger partial charge in [-0.1, -0.05) is 13.3 Å². The first-order chi connectivity index (χ1) is 4.43. The lowest BCUT2D eigenvalue weighted by atomic mass is 10.2. The van der Waals surface area contributed by atoms with Crippen molar-refractivity contribution in [3.8, 4) is 0 Å². The van der Waals surface area contributed by atoms with E-state index in [-0.39, 0.29) is 0 Å². The van der Waals surface area contributed by atoms with Gasteiger partial charge in [0.05, 0.1) is 12.2 Å². The first-order valence-corrected chi connectivity index (χ1v) is 3.50. The van der Waals surface area contributed by atoms with Crippen LogP contribution in [0.2, 0.25) is 0 Å². The van der Waals surface area contributed by atoms with E-state index in [4.69, 9.17) is 0 Å². The van der Waals surface area contributed by atoms with Crippen molar-refractivity contribution >= 4 is 0 Å². The highest BCUT2D eigenvalue weighted by molar-refractivity contribution is 5.03. The molecular weight excluding hydrogens is 112 g/mol. The molecule has 0 N–H and O–H groups in total. The number of rotatable bonds is 3. The molecule has 0 aromatic heterocycles. The molecule has 2 nitrogen and oxygen atoms in total. The predicted molar refractivity (Wildman–Crippen MR) is 37.3 cm³/mol. The van der Waals surface area contributed by atoms with Crippen molar-refractivity contribution in [3.05, 3.63) is 11.8 Å². The molecule has 1 rings (SSSR count). The summed E-state index contributed by atoms with van der Waals surface area (Å²) in [6.45, 7) is 2.99. The van der Waals surface area contributed by atoms with E-state index >= 15 is 0 Å². The van der Waals surface area contributed by atoms with Gasteiger partial charge in [-0.05, 0) is 18.9 Å². The Morgan fingerprint density at radius 2 is 2.56 bits per heavy atom. The summed E-state index contributed by atoms with van der Waals surface area (Å²) in [6.07, 6.45) is 5.69. The zero-order valence-corrected chi connectivity index (χ0v) is 5.80. The normalized spacial score (nSPS) is 16.3. The van der Waals surface area contributed by atoms with Crippen LogP contribution in [0.3, 0.4) is 0 Å². The molecule has 0 spiro atoms. The molecule has 2 heteroatoms. The molecular formula is C7H12N2. The topological polar surface area (TPSA) is 24.7 Å². The highest BCUT2D eigenvalue weighted by Crippen LogP contribution is 2.12. The average molecular weight is 124 g/mol. The van der Waals surface area contributed by atoms with E-state index in [0.29, 0.717) is 0 Å². The predicted octanol–water partition coefficient (Wildman–Crippen LogP) is 2.53. The van der Waals surface area contributed by atoms with Crippen LogP contribution in [0.25, 0.3) is 0 Å². The van der Waals surface area contributed by atoms with Gasteiger partial charge in [-0.25, -0.2) is 0 Å². The van der Waals surface area contributed by atoms with Gasteiger partial charge in [-0.15, -0.1) is 0 Å². The standard InChI is InChI=1S/C7H12N2/c1-2-3-4-7-5-6-8-9-7/h5H,2-4,6H2,1H3. The molecule has 0 aromatic carbocycles. The molecule has 0 atom stereocenters. The van der Waals surface area contributed by atoms with Crippen LogP contribution in [0.15, 0.2) is 22.0 Å². The first kappa shape index (κ1) is 6.46. The molecule has 9 heavy (non-hydrogen) atoms. The van der Waals surface area contributed by atoms with Crippen molar-refractivity contribution in [3.63, 3.8) is 0 Å². The minimum atomic E-state index is 0.805. The second-order valence-electron chi connectivity index (χ2n) is 2.22. The molecule has 0 bridgehead atoms. The molecule has 0 fully saturated rings. The van der Waals surface area contributed by atoms with E-state index in [9.17, 15) is 0 Å². The summed E-state index contributed by atoms with van der Waals surface area (Å²) in [5.74, 6) is 0. The maximum atomic E-state index is 3.96. The van der Waals surface area contributed by atoms with Crippen molar-refractivity contribution in [1.29, 1.82) is 0 Å². The van der Waals surface area contributed by atoms with Gasteiger partial charge in [0.2, 0.25) is 0 Å². The second-order valence-corrected chi connectivity index (χ2v) is 2.22. The van der Waals surface area contributed by atoms with Gasteiger partial charge in [-0.2, -0.15) is 10.2 Å². The molecule has 0 aromatic rings. The summed E-state index contributed by atoms with van der Waals surface area (Å²) < 4.78 is 0. The van der Waals surface area contributed by atoms with Crippen LogP contribution in [0.4, 0.5) is 0 Å². The Hall–Kier alpha value is -0.660. The average Bonchev–Trinajstić information content (AvgIpc) is 2.34. The second kappa shape index (κ2) is 3.38. The van der Waals surface area contributed by atoms with E-state index in [2.05, 4.69) is 23.2 Å². The van der Waals surface area contributed by atoms with Crippen LogP contribution < -0.4 is 0 Å². The number of allylic oxidation sites excluding steroid dienone is 1. The van der Waals surface area contributed by atoms with Crippen molar-refractivity contribution in [2.45, 2.75) is 26.2 Å². The fraction of sp³-hybridized carbons (Fsp3) is 0.714. The van der Waals surface area contributed by atoms with Gasteiger partial charge >= 0.3 is 0 Å². The van der Waals surface area contributed by atoms with Gasteiger partial charge in [0.1, 0.15) is 0 Å². The summed E-state index contributed by atoms with van der Waals surface area (Å²) >= 11 is 0. The van der Waals surface area contributed by atoms with Gasteiger partial charge in [0.15, 0.2) is 0 Å². The maximum Gasteiger partial charge on any atom is 0.0805 e. The van der Waals surface area contributed by atoms with Gasteiger partial charge in [0.25, 0.3) is 0 Å². The van der Waals surface area contributed by atoms with E-state index in [1.165, 1.54) is 18.5 Å². The van der Waals surface area contributed by atoms with Crippen LogP contribution in [0.1, 0.15) is 26.2 Å². The van der Waals surface area contributed by atoms with Crippen molar-refractivity contribution in [1.82, 2.24) is 0 Å². The summed E-state index contributed by atoms with van der Waals surface area (Å²) in [7, 11) is 0. The van der Waals surface area contributed by atoms with Crippen LogP contribution in [0.5, 0.6) is 0 Å². The fourth-order valence-electron chi connectivity index (χ4n) is 0.829. The van der Waals surface area contributed by atoms with Crippen LogP contribution in [-0.4, -0.2) is 6.54 Å². The third kappa shape index (κ3) is 1.96. The molecule has 0 aliphatic carbocycles. The SMILES string of the molecule is CCCCC1=CCN=N1. The summed E-state index contributed by atoms with van der Waals surface area (Å²) in [5, 5.41) is 7.81. The molecule has 0 saturated carbocycles. The largest absolute Gasteiger partial charge is 0.185 e. The zero-order valence-electron chi connectivity index (χ0n) is 5.80. The van der Waals surface area contributed by atoms with Gasteiger partial charge in [-0.3, -0.25) is 0 Å². The Labute approximate surface area is 55.7 Å². The highest BCUT2D eigenvalue weighted by Gasteiger charge is 1.97. The quantitative estimate of drug-likeness (QED) is 0.552. The van der Waals surface area contributed by atoms with Gasteiger partial charge in [0, 0.05) is 0 Å². The van der Waals surface area contributed by atoms with Crippen molar-refractivity contribution in [2.75, 3.05) is 6.54 Å². The van der Waals surface area contributed by atoms with Crippen LogP contribution in [0, 0.1) is 0 Å². The first-order valence-electron chi connectivity index (χ1n) is 3.50. The zero-order chi connectivity index (χ0) is 6.53. The number of hydrogen-bond acceptors (Lipinski definition) is 2. The third-order valence-corrected chi connectivity index (χ3v) is 1.39. The maximum absolute atomic E-state index is 3.96. The minimum Gasteiger partial charge on any atom is -0.185 e. The van der Waals surface area contributed by atoms with Gasteiger partial charge < -0.3 is 0 Å². The van der Waals surface area contributed by atoms with Crippen molar-refractivity contribution < 1.29 is 0 Å². The lowest BCUT2D eigenvalue weighted by molar-refractivity contribution is 0.778. The Balaban J connectivity index is 2.19. The minimum absolute atomic E-state index is 0.805. The molecule has 1 aliphatic heterocycles. The van der Waals surface area contributed by atoms with E-state index in [1.54, 1.807) is 0 Å². The molecule has 0 radical (unpaired) electrons. The lowest BCUT2D eigenvalue weighted by Crippen LogP contribution is -1.74. The number of hydrogen-bond donors (Lipinski definition) is 0. The Morgan fingerprint density at radius 1 is 1.67 bits per heavy atom. The summed E-state index contributed by atoms with van der Waals surface area (Å²) in [6, 6.07) is 0. The van der Waals surface area contributed by atoms with E-state index in [1.807, 2.05) is 0 Å². The molecule has 0 unspecified atom stereocenters. The molecule has 0 amide bonds. The number of azo groups is 1. The number of unbranched alkanes of at least 4 members (excludes halogenated alkanes) is 1. The van der Waals surface area contributed by atoms with Crippen molar-refractivity contribution in [2.24, 2.45) is 10.2 Å². The molecule has 1 aliphatic rings. The van der Waals surface area contributed by atoms with E-state index < -0.39 is 0 Å². The summed E-state index contributed by atoms with van der Waals surface area (Å²) in [4.78, 5) is 0. The highest BCUT2D eigenvalue weighted by atomic mass is 15.1. The Bertz CT molecular complexity index is 136. The fourth-order valence-corrected chi connectivity index (χ4v) is 0.829. The Kier molecular flexibility index (Phi) is 2.43. The Morgan fingerprint density at radius 3 is 3.11 bits per heavy atom. The van der Waals surface area contributed by atoms with E-state index in [0.717, 1.165) is 13.0 Å². The smallest absolute Gasteiger partial charge is 0.0805 e. The molecule has 0 saturated heterocycles. The van der Waals surface area contributed by atoms with Crippen LogP contribution >= 0.6 is 0 Å². The lowest BCUT2D eigenvalue weighted by Gasteiger charge is -1.91. The van der Waals surface area contributed by atoms with Crippen LogP contribution in [-0.2, 0) is 0 Å². The third-order valence-electron chi connectivity index (χ3n) is 1.39.